The molecule has 0 fully saturated rings. The molecule has 1 aromatic heterocycles. The van der Waals surface area contributed by atoms with Crippen LogP contribution in [0.2, 0.25) is 0 Å². The van der Waals surface area contributed by atoms with Crippen molar-refractivity contribution < 1.29 is 18.7 Å². The lowest BCUT2D eigenvalue weighted by Gasteiger charge is -2.38. The molecule has 2 heterocycles. The molecule has 0 N–H and O–H groups in total. The number of hydrogen-bond donors (Lipinski definition) is 0. The van der Waals surface area contributed by atoms with Gasteiger partial charge in [0.2, 0.25) is 5.91 Å². The molecule has 2 amide bonds. The molecule has 38 heavy (non-hydrogen) atoms. The standard InChI is InChI=1S/C32H32N2O4/c1-4-30(35)34-19-18-23-14-15-26(20-28(23)31(34)24-12-10-22(2)11-13-24)37-21-27-16-17-29(38-27)32(36)33(3)25-8-6-5-7-9-25/h5-17,20,31H,4,18-19,21H2,1-3H3. The van der Waals surface area contributed by atoms with E-state index in [1.54, 1.807) is 24.1 Å². The second-order valence-corrected chi connectivity index (χ2v) is 9.62. The Kier molecular flexibility index (Phi) is 7.31. The van der Waals surface area contributed by atoms with Gasteiger partial charge in [-0.25, -0.2) is 0 Å². The summed E-state index contributed by atoms with van der Waals surface area (Å²) in [5.41, 5.74) is 5.37. The van der Waals surface area contributed by atoms with Crippen LogP contribution in [-0.2, 0) is 17.8 Å². The fourth-order valence-corrected chi connectivity index (χ4v) is 4.92. The third kappa shape index (κ3) is 5.21. The Labute approximate surface area is 223 Å². The van der Waals surface area contributed by atoms with Gasteiger partial charge in [-0.15, -0.1) is 0 Å². The van der Waals surface area contributed by atoms with Gasteiger partial charge >= 0.3 is 0 Å². The van der Waals surface area contributed by atoms with Gasteiger partial charge in [0.25, 0.3) is 5.91 Å². The highest BCUT2D eigenvalue weighted by Gasteiger charge is 2.31. The molecule has 1 unspecified atom stereocenters. The minimum absolute atomic E-state index is 0.140. The Bertz CT molecular complexity index is 1430. The summed E-state index contributed by atoms with van der Waals surface area (Å²) in [6.07, 6.45) is 1.27. The van der Waals surface area contributed by atoms with Crippen LogP contribution in [0.15, 0.2) is 89.3 Å². The van der Waals surface area contributed by atoms with Gasteiger partial charge in [0.1, 0.15) is 18.1 Å². The Balaban J connectivity index is 1.34. The molecular weight excluding hydrogens is 476 g/mol. The molecule has 6 nitrogen and oxygen atoms in total. The van der Waals surface area contributed by atoms with E-state index in [1.165, 1.54) is 11.1 Å². The van der Waals surface area contributed by atoms with E-state index in [0.717, 1.165) is 23.2 Å². The lowest BCUT2D eigenvalue weighted by Crippen LogP contribution is -2.40. The van der Waals surface area contributed by atoms with Crippen LogP contribution in [0.3, 0.4) is 0 Å². The number of rotatable bonds is 7. The van der Waals surface area contributed by atoms with Crippen LogP contribution in [0.5, 0.6) is 5.75 Å². The number of benzene rings is 3. The molecule has 5 rings (SSSR count). The summed E-state index contributed by atoms with van der Waals surface area (Å²) in [6.45, 7) is 4.85. The number of amides is 2. The Hall–Kier alpha value is -4.32. The van der Waals surface area contributed by atoms with Gasteiger partial charge in [-0.1, -0.05) is 61.0 Å². The fourth-order valence-electron chi connectivity index (χ4n) is 4.92. The number of nitrogens with zero attached hydrogens (tertiary/aromatic N) is 2. The van der Waals surface area contributed by atoms with Crippen LogP contribution in [0.1, 0.15) is 58.0 Å². The predicted octanol–water partition coefficient (Wildman–Crippen LogP) is 6.33. The van der Waals surface area contributed by atoms with Gasteiger partial charge in [0.05, 0.1) is 6.04 Å². The van der Waals surface area contributed by atoms with Crippen LogP contribution in [0.4, 0.5) is 5.69 Å². The predicted molar refractivity (Wildman–Crippen MR) is 147 cm³/mol. The zero-order valence-electron chi connectivity index (χ0n) is 22.0. The molecular formula is C32H32N2O4. The molecule has 0 saturated heterocycles. The number of para-hydroxylation sites is 1. The Morgan fingerprint density at radius 2 is 1.76 bits per heavy atom. The van der Waals surface area contributed by atoms with Gasteiger partial charge in [0, 0.05) is 25.7 Å². The van der Waals surface area contributed by atoms with Gasteiger partial charge in [0.15, 0.2) is 5.76 Å². The van der Waals surface area contributed by atoms with Crippen molar-refractivity contribution in [3.63, 3.8) is 0 Å². The quantitative estimate of drug-likeness (QED) is 0.293. The first-order valence-electron chi connectivity index (χ1n) is 13.0. The number of anilines is 1. The monoisotopic (exact) mass is 508 g/mol. The summed E-state index contributed by atoms with van der Waals surface area (Å²) in [6, 6.07) is 27.2. The molecule has 1 atom stereocenters. The summed E-state index contributed by atoms with van der Waals surface area (Å²) < 4.78 is 11.9. The highest BCUT2D eigenvalue weighted by atomic mass is 16.5. The molecule has 1 aliphatic rings. The minimum atomic E-state index is -0.224. The topological polar surface area (TPSA) is 63.0 Å². The molecule has 0 bridgehead atoms. The maximum atomic E-state index is 12.9. The number of fused-ring (bicyclic) bond motifs is 1. The number of furan rings is 1. The first-order valence-corrected chi connectivity index (χ1v) is 13.0. The maximum absolute atomic E-state index is 12.9. The number of ether oxygens (including phenoxy) is 1. The zero-order valence-corrected chi connectivity index (χ0v) is 22.0. The number of aryl methyl sites for hydroxylation is 1. The van der Waals surface area contributed by atoms with Gasteiger partial charge in [-0.05, 0) is 66.4 Å². The van der Waals surface area contributed by atoms with E-state index in [4.69, 9.17) is 9.15 Å². The Morgan fingerprint density at radius 3 is 2.50 bits per heavy atom. The molecule has 3 aromatic carbocycles. The van der Waals surface area contributed by atoms with Crippen molar-refractivity contribution in [1.29, 1.82) is 0 Å². The van der Waals surface area contributed by atoms with Crippen LogP contribution in [0, 0.1) is 6.92 Å². The summed E-state index contributed by atoms with van der Waals surface area (Å²) in [5, 5.41) is 0. The molecule has 0 radical (unpaired) electrons. The Morgan fingerprint density at radius 1 is 1.00 bits per heavy atom. The van der Waals surface area contributed by atoms with Crippen molar-refractivity contribution in [2.45, 2.75) is 39.3 Å². The SMILES string of the molecule is CCC(=O)N1CCc2ccc(OCc3ccc(C(=O)N(C)c4ccccc4)o3)cc2C1c1ccc(C)cc1. The second kappa shape index (κ2) is 11.0. The van der Waals surface area contributed by atoms with Crippen molar-refractivity contribution >= 4 is 17.5 Å². The third-order valence-corrected chi connectivity index (χ3v) is 7.06. The van der Waals surface area contributed by atoms with E-state index in [9.17, 15) is 9.59 Å². The van der Waals surface area contributed by atoms with Gasteiger partial charge in [-0.3, -0.25) is 9.59 Å². The molecule has 0 saturated carbocycles. The first-order chi connectivity index (χ1) is 18.4. The lowest BCUT2D eigenvalue weighted by atomic mass is 9.87. The van der Waals surface area contributed by atoms with Crippen molar-refractivity contribution in [3.05, 3.63) is 119 Å². The highest BCUT2D eigenvalue weighted by molar-refractivity contribution is 6.03. The van der Waals surface area contributed by atoms with Crippen LogP contribution in [0.25, 0.3) is 0 Å². The average molecular weight is 509 g/mol. The molecule has 0 spiro atoms. The normalized spacial score (nSPS) is 14.6. The van der Waals surface area contributed by atoms with Gasteiger partial charge in [-0.2, -0.15) is 0 Å². The highest BCUT2D eigenvalue weighted by Crippen LogP contribution is 2.37. The average Bonchev–Trinajstić information content (AvgIpc) is 3.44. The molecule has 1 aliphatic heterocycles. The van der Waals surface area contributed by atoms with Crippen molar-refractivity contribution in [2.75, 3.05) is 18.5 Å². The molecule has 4 aromatic rings. The van der Waals surface area contributed by atoms with Crippen molar-refractivity contribution in [2.24, 2.45) is 0 Å². The van der Waals surface area contributed by atoms with Crippen molar-refractivity contribution in [1.82, 2.24) is 4.90 Å². The van der Waals surface area contributed by atoms with Crippen molar-refractivity contribution in [3.8, 4) is 5.75 Å². The van der Waals surface area contributed by atoms with E-state index < -0.39 is 0 Å². The van der Waals surface area contributed by atoms with Crippen LogP contribution in [-0.4, -0.2) is 30.3 Å². The number of carbonyl (C=O) groups is 2. The van der Waals surface area contributed by atoms with E-state index in [0.29, 0.717) is 24.5 Å². The lowest BCUT2D eigenvalue weighted by molar-refractivity contribution is -0.132. The number of carbonyl (C=O) groups excluding carboxylic acids is 2. The van der Waals surface area contributed by atoms with E-state index >= 15 is 0 Å². The first kappa shape index (κ1) is 25.3. The fraction of sp³-hybridized carbons (Fsp3) is 0.250. The third-order valence-electron chi connectivity index (χ3n) is 7.06. The van der Waals surface area contributed by atoms with E-state index in [1.807, 2.05) is 54.3 Å². The summed E-state index contributed by atoms with van der Waals surface area (Å²) in [4.78, 5) is 29.3. The van der Waals surface area contributed by atoms with Gasteiger partial charge < -0.3 is 19.0 Å². The molecule has 0 aliphatic carbocycles. The minimum Gasteiger partial charge on any atom is -0.486 e. The van der Waals surface area contributed by atoms with E-state index in [2.05, 4.69) is 37.3 Å². The van der Waals surface area contributed by atoms with E-state index in [-0.39, 0.29) is 30.2 Å². The molecule has 194 valence electrons. The zero-order chi connectivity index (χ0) is 26.6. The molecule has 6 heteroatoms. The summed E-state index contributed by atoms with van der Waals surface area (Å²) >= 11 is 0. The summed E-state index contributed by atoms with van der Waals surface area (Å²) in [5.74, 6) is 1.43. The van der Waals surface area contributed by atoms with Crippen LogP contribution >= 0.6 is 0 Å². The number of hydrogen-bond acceptors (Lipinski definition) is 4. The largest absolute Gasteiger partial charge is 0.486 e. The maximum Gasteiger partial charge on any atom is 0.293 e. The summed E-state index contributed by atoms with van der Waals surface area (Å²) in [7, 11) is 1.72. The smallest absolute Gasteiger partial charge is 0.293 e. The van der Waals surface area contributed by atoms with Crippen LogP contribution < -0.4 is 9.64 Å². The second-order valence-electron chi connectivity index (χ2n) is 9.62.